The molecule has 25 heavy (non-hydrogen) atoms. The third-order valence-corrected chi connectivity index (χ3v) is 4.71. The maximum absolute atomic E-state index is 11.9. The largest absolute Gasteiger partial charge is 0.374 e. The average Bonchev–Trinajstić information content (AvgIpc) is 3.04. The van der Waals surface area contributed by atoms with E-state index in [9.17, 15) is 4.79 Å². The van der Waals surface area contributed by atoms with Crippen LogP contribution in [0, 0.1) is 0 Å². The summed E-state index contributed by atoms with van der Waals surface area (Å²) in [5.41, 5.74) is 2.05. The minimum absolute atomic E-state index is 0.0535. The Morgan fingerprint density at radius 2 is 1.92 bits per heavy atom. The first-order valence-electron chi connectivity index (χ1n) is 8.29. The van der Waals surface area contributed by atoms with Gasteiger partial charge in [-0.15, -0.1) is 0 Å². The number of fused-ring (bicyclic) bond motifs is 1. The number of rotatable bonds is 7. The molecular weight excluding hydrogens is 334 g/mol. The van der Waals surface area contributed by atoms with Gasteiger partial charge in [-0.05, 0) is 31.0 Å². The lowest BCUT2D eigenvalue weighted by molar-refractivity contribution is 0.0644. The second-order valence-corrected chi connectivity index (χ2v) is 6.68. The van der Waals surface area contributed by atoms with Crippen molar-refractivity contribution in [1.29, 1.82) is 0 Å². The summed E-state index contributed by atoms with van der Waals surface area (Å²) in [6.45, 7) is 3.18. The summed E-state index contributed by atoms with van der Waals surface area (Å²) in [5.74, 6) is 0. The van der Waals surface area contributed by atoms with Crippen molar-refractivity contribution in [3.63, 3.8) is 0 Å². The smallest absolute Gasteiger partial charge is 0.321 e. The van der Waals surface area contributed by atoms with Gasteiger partial charge in [-0.25, -0.2) is 9.78 Å². The van der Waals surface area contributed by atoms with E-state index in [0.717, 1.165) is 22.2 Å². The van der Waals surface area contributed by atoms with Crippen LogP contribution in [0.4, 0.5) is 9.93 Å². The molecule has 0 saturated carbocycles. The number of carbonyl (C=O) groups excluding carboxylic acids is 1. The van der Waals surface area contributed by atoms with E-state index in [1.54, 1.807) is 0 Å². The number of nitrogens with one attached hydrogen (secondary N) is 2. The fraction of sp³-hybridized carbons (Fsp3) is 0.263. The summed E-state index contributed by atoms with van der Waals surface area (Å²) in [7, 11) is 0. The molecule has 6 heteroatoms. The van der Waals surface area contributed by atoms with Gasteiger partial charge in [0, 0.05) is 13.2 Å². The molecule has 1 unspecified atom stereocenters. The van der Waals surface area contributed by atoms with Gasteiger partial charge in [-0.3, -0.25) is 5.32 Å². The Bertz CT molecular complexity index is 787. The maximum Gasteiger partial charge on any atom is 0.321 e. The molecule has 3 rings (SSSR count). The number of amides is 2. The number of carbonyl (C=O) groups is 1. The van der Waals surface area contributed by atoms with Gasteiger partial charge >= 0.3 is 6.03 Å². The van der Waals surface area contributed by atoms with E-state index < -0.39 is 0 Å². The second-order valence-electron chi connectivity index (χ2n) is 5.64. The topological polar surface area (TPSA) is 63.2 Å². The van der Waals surface area contributed by atoms with Crippen LogP contribution in [0.25, 0.3) is 10.2 Å². The Kier molecular flexibility index (Phi) is 5.98. The van der Waals surface area contributed by atoms with E-state index >= 15 is 0 Å². The Balaban J connectivity index is 1.35. The standard InChI is InChI=1S/C19H21N3O2S/c1-14(15-8-3-2-4-9-15)24-13-7-12-20-18(23)22-19-21-16-10-5-6-11-17(16)25-19/h2-6,8-11,14H,7,12-13H2,1H3,(H2,20,21,22,23). The molecule has 0 aliphatic heterocycles. The van der Waals surface area contributed by atoms with Crippen molar-refractivity contribution in [3.05, 3.63) is 60.2 Å². The van der Waals surface area contributed by atoms with Crippen molar-refractivity contribution in [1.82, 2.24) is 10.3 Å². The van der Waals surface area contributed by atoms with Crippen LogP contribution >= 0.6 is 11.3 Å². The summed E-state index contributed by atoms with van der Waals surface area (Å²) in [4.78, 5) is 16.3. The van der Waals surface area contributed by atoms with Crippen molar-refractivity contribution < 1.29 is 9.53 Å². The molecule has 0 fully saturated rings. The molecule has 5 nitrogen and oxygen atoms in total. The number of aromatic nitrogens is 1. The van der Waals surface area contributed by atoms with Gasteiger partial charge in [0.1, 0.15) is 0 Å². The van der Waals surface area contributed by atoms with Gasteiger partial charge in [0.15, 0.2) is 5.13 Å². The van der Waals surface area contributed by atoms with Crippen LogP contribution in [0.1, 0.15) is 25.0 Å². The highest BCUT2D eigenvalue weighted by Gasteiger charge is 2.07. The van der Waals surface area contributed by atoms with E-state index in [-0.39, 0.29) is 12.1 Å². The first-order chi connectivity index (χ1) is 12.2. The monoisotopic (exact) mass is 355 g/mol. The van der Waals surface area contributed by atoms with Crippen LogP contribution in [-0.2, 0) is 4.74 Å². The van der Waals surface area contributed by atoms with Crippen molar-refractivity contribution in [3.8, 4) is 0 Å². The number of hydrogen-bond donors (Lipinski definition) is 2. The molecule has 130 valence electrons. The quantitative estimate of drug-likeness (QED) is 0.610. The Hall–Kier alpha value is -2.44. The van der Waals surface area contributed by atoms with Crippen LogP contribution in [-0.4, -0.2) is 24.2 Å². The van der Waals surface area contributed by atoms with E-state index in [1.807, 2.05) is 61.5 Å². The average molecular weight is 355 g/mol. The number of hydrogen-bond acceptors (Lipinski definition) is 4. The lowest BCUT2D eigenvalue weighted by Crippen LogP contribution is -2.30. The van der Waals surface area contributed by atoms with Crippen molar-refractivity contribution in [2.45, 2.75) is 19.4 Å². The van der Waals surface area contributed by atoms with Gasteiger partial charge < -0.3 is 10.1 Å². The lowest BCUT2D eigenvalue weighted by Gasteiger charge is -2.13. The number of benzene rings is 2. The predicted octanol–water partition coefficient (Wildman–Crippen LogP) is 4.59. The fourth-order valence-electron chi connectivity index (χ4n) is 2.42. The minimum Gasteiger partial charge on any atom is -0.374 e. The van der Waals surface area contributed by atoms with Crippen LogP contribution < -0.4 is 10.6 Å². The van der Waals surface area contributed by atoms with E-state index in [2.05, 4.69) is 15.6 Å². The zero-order chi connectivity index (χ0) is 17.5. The normalized spacial score (nSPS) is 12.0. The predicted molar refractivity (Wildman–Crippen MR) is 102 cm³/mol. The van der Waals surface area contributed by atoms with Crippen LogP contribution in [0.3, 0.4) is 0 Å². The van der Waals surface area contributed by atoms with Gasteiger partial charge in [0.25, 0.3) is 0 Å². The number of ether oxygens (including phenoxy) is 1. The zero-order valence-electron chi connectivity index (χ0n) is 14.1. The SMILES string of the molecule is CC(OCCCNC(=O)Nc1nc2ccccc2s1)c1ccccc1. The summed E-state index contributed by atoms with van der Waals surface area (Å²) in [6.07, 6.45) is 0.808. The molecule has 3 aromatic rings. The van der Waals surface area contributed by atoms with Gasteiger partial charge in [0.2, 0.25) is 0 Å². The first-order valence-corrected chi connectivity index (χ1v) is 9.11. The van der Waals surface area contributed by atoms with E-state index in [4.69, 9.17) is 4.74 Å². The molecule has 0 radical (unpaired) electrons. The van der Waals surface area contributed by atoms with Gasteiger partial charge in [-0.2, -0.15) is 0 Å². The van der Waals surface area contributed by atoms with Crippen molar-refractivity contribution >= 4 is 32.7 Å². The molecule has 2 aromatic carbocycles. The van der Waals surface area contributed by atoms with Crippen LogP contribution in [0.5, 0.6) is 0 Å². The van der Waals surface area contributed by atoms with Crippen LogP contribution in [0.15, 0.2) is 54.6 Å². The zero-order valence-corrected chi connectivity index (χ0v) is 14.9. The molecule has 0 spiro atoms. The van der Waals surface area contributed by atoms with E-state index in [1.165, 1.54) is 11.3 Å². The van der Waals surface area contributed by atoms with Crippen molar-refractivity contribution in [2.24, 2.45) is 0 Å². The third kappa shape index (κ3) is 5.01. The third-order valence-electron chi connectivity index (χ3n) is 3.76. The highest BCUT2D eigenvalue weighted by molar-refractivity contribution is 7.22. The fourth-order valence-corrected chi connectivity index (χ4v) is 3.28. The molecule has 0 aliphatic rings. The second kappa shape index (κ2) is 8.60. The number of para-hydroxylation sites is 1. The van der Waals surface area contributed by atoms with Gasteiger partial charge in [0.05, 0.1) is 16.3 Å². The summed E-state index contributed by atoms with van der Waals surface area (Å²) < 4.78 is 6.84. The Labute approximate surface area is 151 Å². The minimum atomic E-state index is -0.241. The highest BCUT2D eigenvalue weighted by atomic mass is 32.1. The Morgan fingerprint density at radius 3 is 2.72 bits per heavy atom. The number of thiazole rings is 1. The first kappa shape index (κ1) is 17.4. The van der Waals surface area contributed by atoms with Crippen molar-refractivity contribution in [2.75, 3.05) is 18.5 Å². The number of anilines is 1. The maximum atomic E-state index is 11.9. The molecule has 0 aliphatic carbocycles. The lowest BCUT2D eigenvalue weighted by atomic mass is 10.1. The molecule has 1 heterocycles. The Morgan fingerprint density at radius 1 is 1.16 bits per heavy atom. The molecule has 1 atom stereocenters. The van der Waals surface area contributed by atoms with Gasteiger partial charge in [-0.1, -0.05) is 53.8 Å². The molecular formula is C19H21N3O2S. The number of urea groups is 1. The molecule has 2 amide bonds. The molecule has 0 saturated heterocycles. The summed E-state index contributed by atoms with van der Waals surface area (Å²) in [5, 5.41) is 6.20. The molecule has 1 aromatic heterocycles. The van der Waals surface area contributed by atoms with Crippen LogP contribution in [0.2, 0.25) is 0 Å². The number of nitrogens with zero attached hydrogens (tertiary/aromatic N) is 1. The molecule has 0 bridgehead atoms. The summed E-state index contributed by atoms with van der Waals surface area (Å²) in [6, 6.07) is 17.7. The van der Waals surface area contributed by atoms with E-state index in [0.29, 0.717) is 18.3 Å². The highest BCUT2D eigenvalue weighted by Crippen LogP contribution is 2.25. The summed E-state index contributed by atoms with van der Waals surface area (Å²) >= 11 is 1.46. The molecule has 2 N–H and O–H groups in total.